The zero-order chi connectivity index (χ0) is 47.9. The van der Waals surface area contributed by atoms with E-state index in [0.717, 1.165) is 5.75 Å². The highest BCUT2D eigenvalue weighted by molar-refractivity contribution is 8.00. The average Bonchev–Trinajstić information content (AvgIpc) is 4.13. The second-order valence-corrected chi connectivity index (χ2v) is 18.1. The van der Waals surface area contributed by atoms with Crippen molar-refractivity contribution in [3.05, 3.63) is 123 Å². The second-order valence-electron chi connectivity index (χ2n) is 14.5. The lowest BCUT2D eigenvalue weighted by Gasteiger charge is -2.16. The molecule has 1 unspecified atom stereocenters. The Morgan fingerprint density at radius 1 is 0.697 bits per heavy atom. The minimum Gasteiger partial charge on any atom is -0.383 e. The Kier molecular flexibility index (Phi) is 20.0. The summed E-state index contributed by atoms with van der Waals surface area (Å²) < 4.78 is 43.1. The van der Waals surface area contributed by atoms with Crippen LogP contribution < -0.4 is 50.2 Å². The summed E-state index contributed by atoms with van der Waals surface area (Å²) in [7, 11) is 8.56. The van der Waals surface area contributed by atoms with E-state index < -0.39 is 23.2 Å². The molecule has 0 amide bonds. The number of nitrogens with zero attached hydrogens (tertiary/aromatic N) is 7. The molecule has 8 atom stereocenters. The fraction of sp³-hybridized carbons (Fsp3) is 0.538. The summed E-state index contributed by atoms with van der Waals surface area (Å²) in [6.45, 7) is 3.52. The van der Waals surface area contributed by atoms with Crippen molar-refractivity contribution >= 4 is 46.9 Å². The number of ether oxygens (including phenoxy) is 7. The lowest BCUT2D eigenvalue weighted by atomic mass is 10.3. The first-order chi connectivity index (χ1) is 31.6. The summed E-state index contributed by atoms with van der Waals surface area (Å²) in [5, 5.41) is 0. The van der Waals surface area contributed by atoms with Crippen LogP contribution in [0.2, 0.25) is 0 Å². The van der Waals surface area contributed by atoms with Crippen LogP contribution in [0.1, 0.15) is 30.5 Å². The molecule has 24 nitrogen and oxygen atoms in total. The number of nitrogens with two attached hydrogens (primary N) is 2. The lowest BCUT2D eigenvalue weighted by molar-refractivity contribution is -0.0153. The van der Waals surface area contributed by atoms with Crippen LogP contribution in [0.3, 0.4) is 0 Å². The van der Waals surface area contributed by atoms with Gasteiger partial charge in [-0.1, -0.05) is 6.08 Å². The van der Waals surface area contributed by atoms with Gasteiger partial charge in [-0.3, -0.25) is 37.8 Å². The van der Waals surface area contributed by atoms with Crippen molar-refractivity contribution in [3.8, 4) is 0 Å². The molecule has 4 aromatic rings. The standard InChI is InChI=1S/C11H17N3O3S.C10H13N3O3.C9H13N3O3S.C9H12N2O4S/c1-13(2)8-4-5-14(11(15)12-8)9-7-18-10(17-9)6-16-3;1-6-5-13(10(15)12-9(6)14)8-3-2-7(4-11)16-8;1-14-4-8-15-7(5-16-8)12-3-2-6(10)11-9(12)13;1-14-4-8-15-7(5-16-8)11-3-2-6(12)10-9(11)13/h4-5,9-10H,6-7H2,1-3H3;2-3,5,7-8H,4,11H2,1H3,(H,12,14,15);2-3,7-8H,4-5H2,1H3,(H2,10,11,13);2-3,7-8H,4-5H2,1H3,(H,10,12,13)/t9-,10+;7?,8-;2*7-,8+/m0100/s1. The van der Waals surface area contributed by atoms with Gasteiger partial charge in [0.25, 0.3) is 11.1 Å². The maximum absolute atomic E-state index is 11.9. The van der Waals surface area contributed by atoms with Gasteiger partial charge in [-0.25, -0.2) is 19.2 Å². The van der Waals surface area contributed by atoms with Crippen molar-refractivity contribution in [2.24, 2.45) is 5.73 Å². The number of aryl methyl sites for hydroxylation is 1. The number of anilines is 2. The lowest BCUT2D eigenvalue weighted by Crippen LogP contribution is -2.34. The van der Waals surface area contributed by atoms with Crippen molar-refractivity contribution in [2.75, 3.05) is 89.7 Å². The van der Waals surface area contributed by atoms with Gasteiger partial charge in [0, 0.05) is 95.6 Å². The highest BCUT2D eigenvalue weighted by atomic mass is 32.2. The third-order valence-corrected chi connectivity index (χ3v) is 12.8. The van der Waals surface area contributed by atoms with E-state index in [-0.39, 0.29) is 63.9 Å². The molecule has 27 heteroatoms. The smallest absolute Gasteiger partial charge is 0.351 e. The Hall–Kier alpha value is -4.81. The van der Waals surface area contributed by atoms with Gasteiger partial charge in [-0.15, -0.1) is 35.3 Å². The van der Waals surface area contributed by atoms with Crippen LogP contribution in [0.5, 0.6) is 0 Å². The Bertz CT molecular complexity index is 2580. The number of aromatic nitrogens is 8. The van der Waals surface area contributed by atoms with Gasteiger partial charge in [-0.05, 0) is 25.1 Å². The largest absolute Gasteiger partial charge is 0.383 e. The SMILES string of the molecule is COC[C@@H]1O[C@H](n2ccc(=O)[nH]c2=O)CS1.COC[C@@H]1O[C@H](n2ccc(N(C)C)nc2=O)CS1.COC[C@@H]1O[C@H](n2ccc(N)nc2=O)CS1.Cc1cn([C@H]2C=CC(CN)O2)c(=O)[nH]c1=O. The molecule has 362 valence electrons. The van der Waals surface area contributed by atoms with Crippen LogP contribution in [-0.2, 0) is 33.2 Å². The summed E-state index contributed by atoms with van der Waals surface area (Å²) in [5.74, 6) is 2.98. The number of rotatable bonds is 12. The van der Waals surface area contributed by atoms with Crippen LogP contribution in [-0.4, -0.2) is 140 Å². The van der Waals surface area contributed by atoms with Crippen LogP contribution in [0, 0.1) is 6.92 Å². The Labute approximate surface area is 389 Å². The highest BCUT2D eigenvalue weighted by Gasteiger charge is 2.30. The molecule has 8 rings (SSSR count). The topological polar surface area (TPSA) is 299 Å². The van der Waals surface area contributed by atoms with Crippen molar-refractivity contribution in [2.45, 2.75) is 54.2 Å². The zero-order valence-corrected chi connectivity index (χ0v) is 39.5. The summed E-state index contributed by atoms with van der Waals surface area (Å²) in [6.07, 6.45) is 8.26. The highest BCUT2D eigenvalue weighted by Crippen LogP contribution is 2.32. The van der Waals surface area contributed by atoms with Crippen LogP contribution in [0.25, 0.3) is 0 Å². The van der Waals surface area contributed by atoms with E-state index in [2.05, 4.69) is 19.9 Å². The van der Waals surface area contributed by atoms with E-state index in [9.17, 15) is 28.8 Å². The fourth-order valence-corrected chi connectivity index (χ4v) is 9.34. The van der Waals surface area contributed by atoms with Gasteiger partial charge in [0.2, 0.25) is 0 Å². The van der Waals surface area contributed by atoms with E-state index >= 15 is 0 Å². The number of nitrogen functional groups attached to an aromatic ring is 1. The molecule has 4 aliphatic rings. The first-order valence-electron chi connectivity index (χ1n) is 20.2. The van der Waals surface area contributed by atoms with E-state index in [1.54, 1.807) is 105 Å². The molecule has 0 radical (unpaired) electrons. The van der Waals surface area contributed by atoms with Gasteiger partial charge in [0.1, 0.15) is 46.6 Å². The molecule has 4 aliphatic heterocycles. The van der Waals surface area contributed by atoms with Crippen molar-refractivity contribution < 1.29 is 33.2 Å². The third kappa shape index (κ3) is 14.6. The van der Waals surface area contributed by atoms with Crippen LogP contribution >= 0.6 is 35.3 Å². The van der Waals surface area contributed by atoms with Gasteiger partial charge in [-0.2, -0.15) is 9.97 Å². The molecule has 3 fully saturated rings. The monoisotopic (exact) mass is 981 g/mol. The molecule has 8 heterocycles. The van der Waals surface area contributed by atoms with Gasteiger partial charge in [0.05, 0.1) is 25.9 Å². The first kappa shape index (κ1) is 52.2. The van der Waals surface area contributed by atoms with Crippen LogP contribution in [0.4, 0.5) is 11.6 Å². The Morgan fingerprint density at radius 3 is 1.67 bits per heavy atom. The quantitative estimate of drug-likeness (QED) is 0.132. The molecular weight excluding hydrogens is 927 g/mol. The number of aromatic amines is 2. The second kappa shape index (κ2) is 25.4. The summed E-state index contributed by atoms with van der Waals surface area (Å²) in [5.41, 5.74) is 8.84. The molecule has 0 saturated carbocycles. The average molecular weight is 982 g/mol. The summed E-state index contributed by atoms with van der Waals surface area (Å²) in [4.78, 5) is 82.4. The van der Waals surface area contributed by atoms with Gasteiger partial charge < -0.3 is 49.5 Å². The van der Waals surface area contributed by atoms with E-state index in [1.165, 1.54) is 36.7 Å². The molecule has 0 aromatic carbocycles. The summed E-state index contributed by atoms with van der Waals surface area (Å²) >= 11 is 4.84. The van der Waals surface area contributed by atoms with E-state index in [1.807, 2.05) is 14.1 Å². The molecule has 4 aromatic heterocycles. The summed E-state index contributed by atoms with van der Waals surface area (Å²) in [6, 6.07) is 4.69. The predicted octanol–water partition coefficient (Wildman–Crippen LogP) is -0.368. The molecule has 3 saturated heterocycles. The maximum atomic E-state index is 11.9. The molecule has 6 N–H and O–H groups in total. The number of hydrogen-bond donors (Lipinski definition) is 4. The van der Waals surface area contributed by atoms with Gasteiger partial charge in [0.15, 0.2) is 6.23 Å². The van der Waals surface area contributed by atoms with E-state index in [4.69, 9.17) is 44.6 Å². The minimum atomic E-state index is -0.489. The number of nitrogens with one attached hydrogen (secondary N) is 2. The predicted molar refractivity (Wildman–Crippen MR) is 250 cm³/mol. The first-order valence-corrected chi connectivity index (χ1v) is 23.4. The van der Waals surface area contributed by atoms with E-state index in [0.29, 0.717) is 49.3 Å². The van der Waals surface area contributed by atoms with Crippen molar-refractivity contribution in [1.29, 1.82) is 0 Å². The molecular formula is C39H55N11O13S3. The fourth-order valence-electron chi connectivity index (χ4n) is 6.17. The normalized spacial score (nSPS) is 24.2. The number of H-pyrrole nitrogens is 2. The third-order valence-electron chi connectivity index (χ3n) is 9.47. The zero-order valence-electron chi connectivity index (χ0n) is 37.1. The maximum Gasteiger partial charge on any atom is 0.351 e. The molecule has 0 spiro atoms. The number of hydrogen-bond acceptors (Lipinski definition) is 21. The van der Waals surface area contributed by atoms with Crippen molar-refractivity contribution in [3.63, 3.8) is 0 Å². The number of thioether (sulfide) groups is 3. The minimum absolute atomic E-state index is 0.0135. The Morgan fingerprint density at radius 2 is 1.20 bits per heavy atom. The number of methoxy groups -OCH3 is 3. The van der Waals surface area contributed by atoms with Crippen molar-refractivity contribution in [1.82, 2.24) is 38.2 Å². The molecule has 0 bridgehead atoms. The molecule has 0 aliphatic carbocycles. The Balaban J connectivity index is 0.000000165. The van der Waals surface area contributed by atoms with Gasteiger partial charge >= 0.3 is 22.8 Å². The molecule has 66 heavy (non-hydrogen) atoms. The van der Waals surface area contributed by atoms with Crippen LogP contribution in [0.15, 0.2) is 83.9 Å².